The van der Waals surface area contributed by atoms with Crippen LogP contribution in [-0.4, -0.2) is 28.6 Å². The van der Waals surface area contributed by atoms with Gasteiger partial charge in [0.15, 0.2) is 0 Å². The summed E-state index contributed by atoms with van der Waals surface area (Å²) in [6.07, 6.45) is 5.74. The maximum absolute atomic E-state index is 4.77. The molecule has 1 aliphatic carbocycles. The van der Waals surface area contributed by atoms with Crippen LogP contribution in [0.1, 0.15) is 44.6 Å². The van der Waals surface area contributed by atoms with Crippen molar-refractivity contribution >= 4 is 38.7 Å². The number of anilines is 3. The van der Waals surface area contributed by atoms with E-state index in [1.807, 2.05) is 5.51 Å². The molecule has 4 N–H and O–H groups in total. The lowest BCUT2D eigenvalue weighted by molar-refractivity contribution is 0.303. The predicted octanol–water partition coefficient (Wildman–Crippen LogP) is 4.62. The molecule has 2 aliphatic rings. The molecule has 2 aromatic heterocycles. The minimum absolute atomic E-state index is 0.375. The predicted molar refractivity (Wildman–Crippen MR) is 121 cm³/mol. The van der Waals surface area contributed by atoms with Crippen LogP contribution in [0.25, 0.3) is 10.2 Å². The van der Waals surface area contributed by atoms with Crippen LogP contribution in [-0.2, 0) is 0 Å². The Hall–Kier alpha value is -2.22. The molecule has 3 aromatic rings. The number of aromatic nitrogens is 2. The number of hydrogen-bond donors (Lipinski definition) is 4. The highest BCUT2D eigenvalue weighted by Crippen LogP contribution is 2.40. The Balaban J connectivity index is 1.40. The third kappa shape index (κ3) is 3.95. The maximum Gasteiger partial charge on any atom is 0.132 e. The first-order valence-electron chi connectivity index (χ1n) is 10.5. The smallest absolute Gasteiger partial charge is 0.132 e. The average Bonchev–Trinajstić information content (AvgIpc) is 3.36. The van der Waals surface area contributed by atoms with E-state index >= 15 is 0 Å². The standard InChI is InChI=1S/C22H28N6S/c1-13(2)26-20-9-22(27-16-5-6-18-21(8-16)29-12-24-18)23-11-17(20)14-3-4-15-10-25-28-19(15)7-14/h5-6,8-9,11-15,19,25,28H,3-4,7,10H2,1-2H3,(H2,23,26,27). The van der Waals surface area contributed by atoms with Crippen LogP contribution in [0.4, 0.5) is 17.2 Å². The van der Waals surface area contributed by atoms with Gasteiger partial charge in [-0.1, -0.05) is 0 Å². The van der Waals surface area contributed by atoms with Gasteiger partial charge >= 0.3 is 0 Å². The lowest BCUT2D eigenvalue weighted by Crippen LogP contribution is -2.35. The summed E-state index contributed by atoms with van der Waals surface area (Å²) in [5.41, 5.74) is 13.3. The van der Waals surface area contributed by atoms with E-state index in [0.29, 0.717) is 18.0 Å². The molecule has 3 unspecified atom stereocenters. The summed E-state index contributed by atoms with van der Waals surface area (Å²) in [6, 6.07) is 9.37. The van der Waals surface area contributed by atoms with Crippen LogP contribution in [0.15, 0.2) is 36.0 Å². The largest absolute Gasteiger partial charge is 0.382 e. The van der Waals surface area contributed by atoms with Gasteiger partial charge in [0.25, 0.3) is 0 Å². The molecule has 0 bridgehead atoms. The van der Waals surface area contributed by atoms with Gasteiger partial charge in [-0.25, -0.2) is 9.97 Å². The number of thiazole rings is 1. The first kappa shape index (κ1) is 18.8. The Kier molecular flexibility index (Phi) is 5.11. The minimum atomic E-state index is 0.375. The van der Waals surface area contributed by atoms with Gasteiger partial charge in [0.05, 0.1) is 15.7 Å². The quantitative estimate of drug-likeness (QED) is 0.494. The summed E-state index contributed by atoms with van der Waals surface area (Å²) in [7, 11) is 0. The molecule has 1 saturated carbocycles. The lowest BCUT2D eigenvalue weighted by Gasteiger charge is -2.32. The molecule has 3 atom stereocenters. The molecule has 0 spiro atoms. The average molecular weight is 409 g/mol. The Morgan fingerprint density at radius 2 is 2.10 bits per heavy atom. The number of fused-ring (bicyclic) bond motifs is 2. The van der Waals surface area contributed by atoms with Gasteiger partial charge in [-0.15, -0.1) is 11.3 Å². The molecule has 7 heteroatoms. The number of nitrogens with one attached hydrogen (secondary N) is 4. The molecule has 0 radical (unpaired) electrons. The van der Waals surface area contributed by atoms with Gasteiger partial charge in [0.1, 0.15) is 5.82 Å². The lowest BCUT2D eigenvalue weighted by atomic mass is 9.76. The van der Waals surface area contributed by atoms with Gasteiger partial charge in [-0.3, -0.25) is 10.9 Å². The first-order valence-corrected chi connectivity index (χ1v) is 11.4. The number of hydrazine groups is 1. The Bertz CT molecular complexity index is 1000. The molecule has 3 heterocycles. The monoisotopic (exact) mass is 408 g/mol. The van der Waals surface area contributed by atoms with Crippen molar-refractivity contribution in [3.8, 4) is 0 Å². The van der Waals surface area contributed by atoms with E-state index in [0.717, 1.165) is 29.5 Å². The van der Waals surface area contributed by atoms with Crippen molar-refractivity contribution in [3.05, 3.63) is 41.5 Å². The summed E-state index contributed by atoms with van der Waals surface area (Å²) in [5, 5.41) is 7.13. The molecule has 1 aromatic carbocycles. The van der Waals surface area contributed by atoms with Crippen LogP contribution in [0.3, 0.4) is 0 Å². The van der Waals surface area contributed by atoms with Gasteiger partial charge in [0.2, 0.25) is 0 Å². The minimum Gasteiger partial charge on any atom is -0.382 e. The zero-order valence-electron chi connectivity index (χ0n) is 16.9. The van der Waals surface area contributed by atoms with Crippen molar-refractivity contribution in [2.45, 2.75) is 51.1 Å². The second-order valence-electron chi connectivity index (χ2n) is 8.52. The number of pyridine rings is 1. The van der Waals surface area contributed by atoms with E-state index in [4.69, 9.17) is 4.98 Å². The number of nitrogens with zero attached hydrogens (tertiary/aromatic N) is 2. The zero-order chi connectivity index (χ0) is 19.8. The summed E-state index contributed by atoms with van der Waals surface area (Å²) in [5.74, 6) is 2.18. The second kappa shape index (κ2) is 7.89. The van der Waals surface area contributed by atoms with Crippen molar-refractivity contribution in [1.82, 2.24) is 20.8 Å². The van der Waals surface area contributed by atoms with E-state index in [1.54, 1.807) is 11.3 Å². The molecule has 2 fully saturated rings. The number of rotatable bonds is 5. The maximum atomic E-state index is 4.77. The molecule has 152 valence electrons. The van der Waals surface area contributed by atoms with Crippen LogP contribution < -0.4 is 21.5 Å². The molecule has 5 rings (SSSR count). The topological polar surface area (TPSA) is 73.9 Å². The van der Waals surface area contributed by atoms with E-state index in [1.165, 1.54) is 35.2 Å². The van der Waals surface area contributed by atoms with Crippen LogP contribution in [0.2, 0.25) is 0 Å². The van der Waals surface area contributed by atoms with Crippen LogP contribution in [0, 0.1) is 5.92 Å². The summed E-state index contributed by atoms with van der Waals surface area (Å²) in [6.45, 7) is 5.47. The molecule has 6 nitrogen and oxygen atoms in total. The molecule has 1 aliphatic heterocycles. The van der Waals surface area contributed by atoms with E-state index in [2.05, 4.69) is 70.8 Å². The first-order chi connectivity index (χ1) is 14.2. The summed E-state index contributed by atoms with van der Waals surface area (Å²) >= 11 is 1.66. The zero-order valence-corrected chi connectivity index (χ0v) is 17.7. The third-order valence-electron chi connectivity index (χ3n) is 6.07. The van der Waals surface area contributed by atoms with E-state index < -0.39 is 0 Å². The molecular weight excluding hydrogens is 380 g/mol. The fourth-order valence-electron chi connectivity index (χ4n) is 4.63. The normalized spacial score (nSPS) is 24.0. The fraction of sp³-hybridized carbons (Fsp3) is 0.455. The SMILES string of the molecule is CC(C)Nc1cc(Nc2ccc3ncsc3c2)ncc1C1CCC2CNNC2C1. The molecule has 0 amide bonds. The Morgan fingerprint density at radius 3 is 3.00 bits per heavy atom. The van der Waals surface area contributed by atoms with Crippen molar-refractivity contribution in [2.24, 2.45) is 5.92 Å². The molecule has 29 heavy (non-hydrogen) atoms. The van der Waals surface area contributed by atoms with Crippen LogP contribution in [0.5, 0.6) is 0 Å². The molecule has 1 saturated heterocycles. The van der Waals surface area contributed by atoms with Crippen molar-refractivity contribution in [1.29, 1.82) is 0 Å². The highest BCUT2D eigenvalue weighted by atomic mass is 32.1. The Labute approximate surface area is 175 Å². The highest BCUT2D eigenvalue weighted by molar-refractivity contribution is 7.16. The second-order valence-corrected chi connectivity index (χ2v) is 9.40. The van der Waals surface area contributed by atoms with Gasteiger partial charge in [0, 0.05) is 42.3 Å². The number of hydrogen-bond acceptors (Lipinski definition) is 7. The van der Waals surface area contributed by atoms with Gasteiger partial charge in [-0.2, -0.15) is 0 Å². The van der Waals surface area contributed by atoms with Crippen molar-refractivity contribution in [2.75, 3.05) is 17.2 Å². The fourth-order valence-corrected chi connectivity index (χ4v) is 5.35. The third-order valence-corrected chi connectivity index (χ3v) is 6.86. The van der Waals surface area contributed by atoms with E-state index in [-0.39, 0.29) is 0 Å². The van der Waals surface area contributed by atoms with E-state index in [9.17, 15) is 0 Å². The Morgan fingerprint density at radius 1 is 1.17 bits per heavy atom. The van der Waals surface area contributed by atoms with Gasteiger partial charge in [-0.05, 0) is 68.7 Å². The van der Waals surface area contributed by atoms with Crippen LogP contribution >= 0.6 is 11.3 Å². The summed E-state index contributed by atoms with van der Waals surface area (Å²) < 4.78 is 1.18. The van der Waals surface area contributed by atoms with Crippen molar-refractivity contribution in [3.63, 3.8) is 0 Å². The molecular formula is C22H28N6S. The van der Waals surface area contributed by atoms with Gasteiger partial charge < -0.3 is 10.6 Å². The van der Waals surface area contributed by atoms with Crippen molar-refractivity contribution < 1.29 is 0 Å². The highest BCUT2D eigenvalue weighted by Gasteiger charge is 2.35. The summed E-state index contributed by atoms with van der Waals surface area (Å²) in [4.78, 5) is 9.13. The number of benzene rings is 1.